The van der Waals surface area contributed by atoms with E-state index in [0.717, 1.165) is 11.8 Å². The number of aliphatic hydroxyl groups excluding tert-OH is 1. The summed E-state index contributed by atoms with van der Waals surface area (Å²) in [6.07, 6.45) is 1.53. The van der Waals surface area contributed by atoms with E-state index in [4.69, 9.17) is 9.84 Å². The highest BCUT2D eigenvalue weighted by Crippen LogP contribution is 2.28. The first-order valence-corrected chi connectivity index (χ1v) is 10.7. The molecule has 2 amide bonds. The fraction of sp³-hybridized carbons (Fsp3) is 0.0400. The summed E-state index contributed by atoms with van der Waals surface area (Å²) in [5.41, 5.74) is 1.73. The van der Waals surface area contributed by atoms with Crippen molar-refractivity contribution in [2.75, 3.05) is 0 Å². The molecule has 1 aliphatic heterocycles. The number of esters is 1. The number of amides is 2. The summed E-state index contributed by atoms with van der Waals surface area (Å²) in [7, 11) is 0. The normalized spacial score (nSPS) is 13.6. The molecule has 1 saturated heterocycles. The number of nitrogens with one attached hydrogen (secondary N) is 1. The van der Waals surface area contributed by atoms with E-state index in [-0.39, 0.29) is 17.3 Å². The summed E-state index contributed by atoms with van der Waals surface area (Å²) in [4.78, 5) is 45.3. The van der Waals surface area contributed by atoms with Crippen LogP contribution in [0.2, 0.25) is 0 Å². The van der Waals surface area contributed by atoms with Crippen molar-refractivity contribution >= 4 is 40.9 Å². The molecule has 0 aromatic heterocycles. The van der Waals surface area contributed by atoms with Gasteiger partial charge in [-0.15, -0.1) is 0 Å². The molecule has 34 heavy (non-hydrogen) atoms. The van der Waals surface area contributed by atoms with Crippen molar-refractivity contribution in [3.63, 3.8) is 0 Å². The molecule has 0 bridgehead atoms. The number of aromatic carboxylic acids is 1. The first kappa shape index (κ1) is 24.4. The Bertz CT molecular complexity index is 1240. The molecule has 1 aliphatic rings. The number of thioether (sulfide) groups is 1. The number of imide groups is 1. The van der Waals surface area contributed by atoms with Gasteiger partial charge in [0.25, 0.3) is 11.1 Å². The highest BCUT2D eigenvalue weighted by Gasteiger charge is 2.25. The molecule has 1 fully saturated rings. The van der Waals surface area contributed by atoms with E-state index < -0.39 is 23.1 Å². The molecular formula is C25H19NO7S. The standard InChI is InChI=1S/C18H13NO5S.C7H6O2/c20-10-13-8-11(9-15-16(21)19-18(23)25-15)6-7-14(13)24-17(22)12-4-2-1-3-5-12;8-7(9)6-4-2-1-3-5-6/h1-9,20H,10H2,(H,19,21,23);1-5H,(H,8,9)/b15-9-;. The van der Waals surface area contributed by atoms with Crippen molar-refractivity contribution in [3.05, 3.63) is 106 Å². The number of ether oxygens (including phenoxy) is 1. The number of aliphatic hydroxyl groups is 1. The minimum absolute atomic E-state index is 0.234. The minimum atomic E-state index is -0.879. The van der Waals surface area contributed by atoms with Gasteiger partial charge in [-0.25, -0.2) is 9.59 Å². The quantitative estimate of drug-likeness (QED) is 0.284. The van der Waals surface area contributed by atoms with Crippen LogP contribution in [0.5, 0.6) is 5.75 Å². The maximum Gasteiger partial charge on any atom is 0.343 e. The molecule has 8 nitrogen and oxygen atoms in total. The van der Waals surface area contributed by atoms with Crippen molar-refractivity contribution in [3.8, 4) is 5.75 Å². The lowest BCUT2D eigenvalue weighted by Gasteiger charge is -2.09. The SMILES string of the molecule is O=C(O)c1ccccc1.O=C1NC(=O)/C(=C/c2ccc(OC(=O)c3ccccc3)c(CO)c2)S1. The molecule has 0 saturated carbocycles. The summed E-state index contributed by atoms with van der Waals surface area (Å²) < 4.78 is 5.33. The van der Waals surface area contributed by atoms with Crippen molar-refractivity contribution in [2.24, 2.45) is 0 Å². The Kier molecular flexibility index (Phi) is 8.33. The van der Waals surface area contributed by atoms with Gasteiger partial charge in [-0.3, -0.25) is 14.9 Å². The smallest absolute Gasteiger partial charge is 0.343 e. The zero-order chi connectivity index (χ0) is 24.5. The van der Waals surface area contributed by atoms with E-state index in [9.17, 15) is 24.3 Å². The summed E-state index contributed by atoms with van der Waals surface area (Å²) in [6, 6.07) is 21.6. The topological polar surface area (TPSA) is 130 Å². The van der Waals surface area contributed by atoms with Crippen LogP contribution in [0.1, 0.15) is 31.8 Å². The Balaban J connectivity index is 0.000000302. The van der Waals surface area contributed by atoms with Crippen molar-refractivity contribution in [1.29, 1.82) is 0 Å². The number of carboxylic acids is 1. The molecule has 0 atom stereocenters. The van der Waals surface area contributed by atoms with E-state index in [2.05, 4.69) is 5.32 Å². The van der Waals surface area contributed by atoms with E-state index in [0.29, 0.717) is 22.3 Å². The highest BCUT2D eigenvalue weighted by molar-refractivity contribution is 8.18. The summed E-state index contributed by atoms with van der Waals surface area (Å²) in [5, 5.41) is 19.7. The van der Waals surface area contributed by atoms with Gasteiger partial charge in [0.15, 0.2) is 0 Å². The van der Waals surface area contributed by atoms with Gasteiger partial charge in [-0.2, -0.15) is 0 Å². The fourth-order valence-electron chi connectivity index (χ4n) is 2.80. The van der Waals surface area contributed by atoms with E-state index >= 15 is 0 Å². The molecule has 9 heteroatoms. The third-order valence-electron chi connectivity index (χ3n) is 4.43. The zero-order valence-corrected chi connectivity index (χ0v) is 18.5. The summed E-state index contributed by atoms with van der Waals surface area (Å²) in [6.45, 7) is -0.341. The number of carbonyl (C=O) groups is 4. The second-order valence-corrected chi connectivity index (χ2v) is 7.82. The van der Waals surface area contributed by atoms with E-state index in [1.807, 2.05) is 0 Å². The molecule has 3 aromatic rings. The molecule has 0 unspecified atom stereocenters. The van der Waals surface area contributed by atoms with Gasteiger partial charge in [0, 0.05) is 5.56 Å². The lowest BCUT2D eigenvalue weighted by atomic mass is 10.1. The fourth-order valence-corrected chi connectivity index (χ4v) is 3.48. The van der Waals surface area contributed by atoms with Gasteiger partial charge in [0.2, 0.25) is 0 Å². The Morgan fingerprint density at radius 3 is 2.03 bits per heavy atom. The predicted octanol–water partition coefficient (Wildman–Crippen LogP) is 4.11. The second kappa shape index (κ2) is 11.6. The van der Waals surface area contributed by atoms with Gasteiger partial charge < -0.3 is 14.9 Å². The Labute approximate surface area is 198 Å². The average molecular weight is 477 g/mol. The van der Waals surface area contributed by atoms with Crippen LogP contribution in [0.3, 0.4) is 0 Å². The Morgan fingerprint density at radius 2 is 1.53 bits per heavy atom. The highest BCUT2D eigenvalue weighted by atomic mass is 32.2. The number of hydrogen-bond acceptors (Lipinski definition) is 7. The van der Waals surface area contributed by atoms with Gasteiger partial charge >= 0.3 is 11.9 Å². The molecule has 0 spiro atoms. The lowest BCUT2D eigenvalue weighted by Crippen LogP contribution is -2.17. The van der Waals surface area contributed by atoms with E-state index in [1.165, 1.54) is 12.1 Å². The van der Waals surface area contributed by atoms with Gasteiger partial charge in [0.05, 0.1) is 22.6 Å². The monoisotopic (exact) mass is 477 g/mol. The zero-order valence-electron chi connectivity index (χ0n) is 17.6. The van der Waals surface area contributed by atoms with Crippen LogP contribution in [0.15, 0.2) is 83.8 Å². The number of hydrogen-bond donors (Lipinski definition) is 3. The van der Waals surface area contributed by atoms with Crippen LogP contribution in [0.25, 0.3) is 6.08 Å². The third-order valence-corrected chi connectivity index (χ3v) is 5.24. The third kappa shape index (κ3) is 6.64. The van der Waals surface area contributed by atoms with Crippen LogP contribution < -0.4 is 10.1 Å². The average Bonchev–Trinajstić information content (AvgIpc) is 3.17. The maximum atomic E-state index is 12.1. The first-order valence-electron chi connectivity index (χ1n) is 9.91. The lowest BCUT2D eigenvalue weighted by molar-refractivity contribution is -0.115. The minimum Gasteiger partial charge on any atom is -0.478 e. The van der Waals surface area contributed by atoms with Crippen LogP contribution in [-0.4, -0.2) is 33.3 Å². The second-order valence-electron chi connectivity index (χ2n) is 6.80. The van der Waals surface area contributed by atoms with E-state index in [1.54, 1.807) is 72.8 Å². The number of carbonyl (C=O) groups excluding carboxylic acids is 3. The molecule has 0 aliphatic carbocycles. The number of carboxylic acid groups (broad SMARTS) is 1. The summed E-state index contributed by atoms with van der Waals surface area (Å²) >= 11 is 0.808. The van der Waals surface area contributed by atoms with Crippen molar-refractivity contribution < 1.29 is 34.1 Å². The van der Waals surface area contributed by atoms with Crippen molar-refractivity contribution in [2.45, 2.75) is 6.61 Å². The van der Waals surface area contributed by atoms with Crippen LogP contribution >= 0.6 is 11.8 Å². The first-order chi connectivity index (χ1) is 16.4. The van der Waals surface area contributed by atoms with Crippen molar-refractivity contribution in [1.82, 2.24) is 5.32 Å². The van der Waals surface area contributed by atoms with Crippen LogP contribution in [0, 0.1) is 0 Å². The Morgan fingerprint density at radius 1 is 0.912 bits per heavy atom. The predicted molar refractivity (Wildman–Crippen MR) is 126 cm³/mol. The van der Waals surface area contributed by atoms with Crippen LogP contribution in [-0.2, 0) is 11.4 Å². The van der Waals surface area contributed by atoms with Gasteiger partial charge in [-0.05, 0) is 59.8 Å². The molecule has 4 rings (SSSR count). The number of benzene rings is 3. The summed E-state index contributed by atoms with van der Waals surface area (Å²) in [5.74, 6) is -1.63. The molecule has 3 aromatic carbocycles. The molecule has 0 radical (unpaired) electrons. The molecular weight excluding hydrogens is 458 g/mol. The molecule has 172 valence electrons. The van der Waals surface area contributed by atoms with Gasteiger partial charge in [0.1, 0.15) is 5.75 Å². The van der Waals surface area contributed by atoms with Crippen LogP contribution in [0.4, 0.5) is 4.79 Å². The molecule has 3 N–H and O–H groups in total. The maximum absolute atomic E-state index is 12.1. The largest absolute Gasteiger partial charge is 0.478 e. The molecule has 1 heterocycles. The van der Waals surface area contributed by atoms with Gasteiger partial charge in [-0.1, -0.05) is 42.5 Å². The number of rotatable bonds is 5. The Hall–Kier alpha value is -4.21.